The van der Waals surface area contributed by atoms with Gasteiger partial charge in [0.05, 0.1) is 14.2 Å². The number of benzene rings is 6. The Bertz CT molecular complexity index is 1670. The fourth-order valence-corrected chi connectivity index (χ4v) is 4.81. The molecule has 0 aliphatic rings. The Balaban J connectivity index is 1.30. The minimum Gasteiger partial charge on any atom is -0.497 e. The van der Waals surface area contributed by atoms with Gasteiger partial charge in [0.2, 0.25) is 0 Å². The summed E-state index contributed by atoms with van der Waals surface area (Å²) in [5.41, 5.74) is 5.36. The van der Waals surface area contributed by atoms with Crippen LogP contribution in [0.25, 0.3) is 11.1 Å². The van der Waals surface area contributed by atoms with E-state index in [4.69, 9.17) is 18.9 Å². The van der Waals surface area contributed by atoms with E-state index >= 15 is 0 Å². The van der Waals surface area contributed by atoms with Crippen molar-refractivity contribution in [2.75, 3.05) is 19.1 Å². The Labute approximate surface area is 252 Å². The van der Waals surface area contributed by atoms with Crippen LogP contribution in [0, 0.1) is 0 Å². The van der Waals surface area contributed by atoms with E-state index in [2.05, 4.69) is 77.7 Å². The molecule has 0 heterocycles. The summed E-state index contributed by atoms with van der Waals surface area (Å²) in [5.74, 6) is 4.40. The van der Waals surface area contributed by atoms with Crippen molar-refractivity contribution < 1.29 is 18.9 Å². The van der Waals surface area contributed by atoms with Gasteiger partial charge in [-0.2, -0.15) is 0 Å². The van der Waals surface area contributed by atoms with Crippen LogP contribution >= 0.6 is 0 Å². The van der Waals surface area contributed by atoms with E-state index in [9.17, 15) is 0 Å². The lowest BCUT2D eigenvalue weighted by atomic mass is 10.0. The Morgan fingerprint density at radius 3 is 1.19 bits per heavy atom. The summed E-state index contributed by atoms with van der Waals surface area (Å²) in [5, 5.41) is 0. The lowest BCUT2D eigenvalue weighted by Crippen LogP contribution is -2.09. The number of methoxy groups -OCH3 is 2. The molecule has 0 radical (unpaired) electrons. The second-order valence-corrected chi connectivity index (χ2v) is 9.80. The first-order valence-electron chi connectivity index (χ1n) is 14.0. The Morgan fingerprint density at radius 1 is 0.349 bits per heavy atom. The summed E-state index contributed by atoms with van der Waals surface area (Å²) in [6.45, 7) is 0. The number of nitrogens with zero attached hydrogens (tertiary/aromatic N) is 1. The molecule has 212 valence electrons. The second kappa shape index (κ2) is 12.9. The average Bonchev–Trinajstić information content (AvgIpc) is 3.07. The van der Waals surface area contributed by atoms with Gasteiger partial charge < -0.3 is 23.8 Å². The number of anilines is 3. The highest BCUT2D eigenvalue weighted by molar-refractivity contribution is 5.78. The van der Waals surface area contributed by atoms with Crippen molar-refractivity contribution >= 4 is 17.1 Å². The third kappa shape index (κ3) is 6.63. The molecule has 0 unspecified atom stereocenters. The Morgan fingerprint density at radius 2 is 0.744 bits per heavy atom. The summed E-state index contributed by atoms with van der Waals surface area (Å²) in [4.78, 5) is 2.21. The molecule has 0 saturated heterocycles. The molecule has 0 aliphatic heterocycles. The van der Waals surface area contributed by atoms with Gasteiger partial charge >= 0.3 is 0 Å². The van der Waals surface area contributed by atoms with Gasteiger partial charge in [-0.1, -0.05) is 54.6 Å². The Kier molecular flexibility index (Phi) is 8.23. The molecule has 6 rings (SSSR count). The van der Waals surface area contributed by atoms with Crippen LogP contribution in [0.2, 0.25) is 0 Å². The van der Waals surface area contributed by atoms with Crippen molar-refractivity contribution in [1.29, 1.82) is 0 Å². The first kappa shape index (κ1) is 27.5. The fourth-order valence-electron chi connectivity index (χ4n) is 4.81. The van der Waals surface area contributed by atoms with Crippen LogP contribution < -0.4 is 23.8 Å². The summed E-state index contributed by atoms with van der Waals surface area (Å²) in [6.07, 6.45) is 0. The number of rotatable bonds is 10. The molecule has 0 aromatic heterocycles. The summed E-state index contributed by atoms with van der Waals surface area (Å²) >= 11 is 0. The normalized spacial score (nSPS) is 10.6. The molecular weight excluding hydrogens is 534 g/mol. The maximum absolute atomic E-state index is 6.10. The highest BCUT2D eigenvalue weighted by Gasteiger charge is 2.14. The van der Waals surface area contributed by atoms with Crippen molar-refractivity contribution in [3.05, 3.63) is 152 Å². The molecular formula is C38H31NO4. The maximum atomic E-state index is 6.10. The van der Waals surface area contributed by atoms with Gasteiger partial charge in [-0.05, 0) is 96.1 Å². The summed E-state index contributed by atoms with van der Waals surface area (Å²) in [7, 11) is 3.29. The quantitative estimate of drug-likeness (QED) is 0.165. The zero-order chi connectivity index (χ0) is 29.4. The van der Waals surface area contributed by atoms with Crippen LogP contribution in [0.5, 0.6) is 34.5 Å². The molecule has 43 heavy (non-hydrogen) atoms. The zero-order valence-corrected chi connectivity index (χ0v) is 24.0. The lowest BCUT2D eigenvalue weighted by Gasteiger charge is -2.26. The van der Waals surface area contributed by atoms with E-state index in [-0.39, 0.29) is 0 Å². The van der Waals surface area contributed by atoms with Crippen LogP contribution in [0.3, 0.4) is 0 Å². The van der Waals surface area contributed by atoms with E-state index < -0.39 is 0 Å². The zero-order valence-electron chi connectivity index (χ0n) is 24.0. The van der Waals surface area contributed by atoms with Gasteiger partial charge in [0.25, 0.3) is 0 Å². The van der Waals surface area contributed by atoms with Crippen molar-refractivity contribution in [2.24, 2.45) is 0 Å². The van der Waals surface area contributed by atoms with Crippen molar-refractivity contribution in [1.82, 2.24) is 0 Å². The molecule has 0 atom stereocenters. The van der Waals surface area contributed by atoms with Crippen LogP contribution in [-0.2, 0) is 0 Å². The molecule has 0 bridgehead atoms. The smallest absolute Gasteiger partial charge is 0.131 e. The van der Waals surface area contributed by atoms with Crippen LogP contribution in [0.15, 0.2) is 152 Å². The topological polar surface area (TPSA) is 40.2 Å². The molecule has 0 N–H and O–H groups in total. The lowest BCUT2D eigenvalue weighted by molar-refractivity contribution is 0.409. The third-order valence-corrected chi connectivity index (χ3v) is 6.98. The summed E-state index contributed by atoms with van der Waals surface area (Å²) < 4.78 is 22.9. The van der Waals surface area contributed by atoms with Gasteiger partial charge in [-0.25, -0.2) is 0 Å². The van der Waals surface area contributed by atoms with Gasteiger partial charge in [0.1, 0.15) is 34.5 Å². The second-order valence-electron chi connectivity index (χ2n) is 9.80. The average molecular weight is 566 g/mol. The van der Waals surface area contributed by atoms with Crippen molar-refractivity contribution in [3.8, 4) is 45.6 Å². The molecule has 6 aromatic rings. The van der Waals surface area contributed by atoms with Crippen LogP contribution in [0.1, 0.15) is 0 Å². The highest BCUT2D eigenvalue weighted by atomic mass is 16.5. The van der Waals surface area contributed by atoms with E-state index in [1.165, 1.54) is 5.56 Å². The van der Waals surface area contributed by atoms with E-state index in [0.29, 0.717) is 11.5 Å². The number of hydrogen-bond acceptors (Lipinski definition) is 5. The SMILES string of the molecule is COc1cccc(Oc2ccc(N(c3ccc(Oc4cccc(OC)c4)cc3)c3ccc(-c4ccccc4)cc3)cc2)c1. The number of hydrogen-bond donors (Lipinski definition) is 0. The predicted molar refractivity (Wildman–Crippen MR) is 173 cm³/mol. The minimum atomic E-state index is 0.715. The molecule has 5 nitrogen and oxygen atoms in total. The van der Waals surface area contributed by atoms with Gasteiger partial charge in [0.15, 0.2) is 0 Å². The molecule has 0 spiro atoms. The Hall–Kier alpha value is -5.68. The predicted octanol–water partition coefficient (Wildman–Crippen LogP) is 10.4. The molecule has 0 saturated carbocycles. The molecule has 6 aromatic carbocycles. The van der Waals surface area contributed by atoms with Crippen LogP contribution in [-0.4, -0.2) is 14.2 Å². The van der Waals surface area contributed by atoms with Crippen LogP contribution in [0.4, 0.5) is 17.1 Å². The molecule has 0 amide bonds. The molecule has 0 aliphatic carbocycles. The largest absolute Gasteiger partial charge is 0.497 e. The van der Waals surface area contributed by atoms with E-state index in [1.807, 2.05) is 78.9 Å². The fraction of sp³-hybridized carbons (Fsp3) is 0.0526. The van der Waals surface area contributed by atoms with Gasteiger partial charge in [-0.15, -0.1) is 0 Å². The van der Waals surface area contributed by atoms with E-state index in [1.54, 1.807) is 14.2 Å². The first-order chi connectivity index (χ1) is 21.2. The van der Waals surface area contributed by atoms with Gasteiger partial charge in [0, 0.05) is 29.2 Å². The monoisotopic (exact) mass is 565 g/mol. The van der Waals surface area contributed by atoms with Crippen molar-refractivity contribution in [2.45, 2.75) is 0 Å². The van der Waals surface area contributed by atoms with Crippen molar-refractivity contribution in [3.63, 3.8) is 0 Å². The number of ether oxygens (including phenoxy) is 4. The molecule has 5 heteroatoms. The minimum absolute atomic E-state index is 0.715. The van der Waals surface area contributed by atoms with Gasteiger partial charge in [-0.3, -0.25) is 0 Å². The summed E-state index contributed by atoms with van der Waals surface area (Å²) in [6, 6.07) is 50.2. The highest BCUT2D eigenvalue weighted by Crippen LogP contribution is 2.38. The maximum Gasteiger partial charge on any atom is 0.131 e. The molecule has 0 fully saturated rings. The first-order valence-corrected chi connectivity index (χ1v) is 14.0. The standard InChI is InChI=1S/C38H31NO4/c1-40-35-10-6-12-37(26-35)42-33-22-18-31(19-23-33)39(30-16-14-29(15-17-30)28-8-4-3-5-9-28)32-20-24-34(25-21-32)43-38-13-7-11-36(27-38)41-2/h3-27H,1-2H3. The van der Waals surface area contributed by atoms with E-state index in [0.717, 1.165) is 45.6 Å². The third-order valence-electron chi connectivity index (χ3n) is 6.98.